The van der Waals surface area contributed by atoms with E-state index in [2.05, 4.69) is 0 Å². The van der Waals surface area contributed by atoms with Crippen molar-refractivity contribution in [3.8, 4) is 0 Å². The van der Waals surface area contributed by atoms with Crippen LogP contribution in [0, 0.1) is 5.92 Å². The van der Waals surface area contributed by atoms with Crippen molar-refractivity contribution in [1.82, 2.24) is 0 Å². The molecule has 1 heterocycles. The molecule has 0 bridgehead atoms. The highest BCUT2D eigenvalue weighted by molar-refractivity contribution is 6.07. The van der Waals surface area contributed by atoms with Crippen molar-refractivity contribution in [3.63, 3.8) is 0 Å². The highest BCUT2D eigenvalue weighted by atomic mass is 16.4. The van der Waals surface area contributed by atoms with E-state index in [-0.39, 0.29) is 12.3 Å². The Hall–Kier alpha value is -1.84. The number of rotatable bonds is 1. The van der Waals surface area contributed by atoms with Gasteiger partial charge in [-0.3, -0.25) is 9.59 Å². The Labute approximate surface area is 87.1 Å². The van der Waals surface area contributed by atoms with E-state index >= 15 is 0 Å². The van der Waals surface area contributed by atoms with Crippen molar-refractivity contribution in [3.05, 3.63) is 29.8 Å². The summed E-state index contributed by atoms with van der Waals surface area (Å²) in [5.41, 5.74) is 1.71. The highest BCUT2D eigenvalue weighted by Gasteiger charge is 2.35. The standard InChI is InChI=1S/C11H11NO3/c1-12-9-5-3-2-4-7(9)6-8(10(12)13)11(14)15/h2-5,8H,6H2,1H3,(H,14,15). The second-order valence-electron chi connectivity index (χ2n) is 3.62. The number of carboxylic acids is 1. The van der Waals surface area contributed by atoms with E-state index in [4.69, 9.17) is 5.11 Å². The first-order valence-corrected chi connectivity index (χ1v) is 4.69. The third-order valence-corrected chi connectivity index (χ3v) is 2.70. The van der Waals surface area contributed by atoms with Crippen LogP contribution in [0.1, 0.15) is 5.56 Å². The largest absolute Gasteiger partial charge is 0.481 e. The number of hydrogen-bond donors (Lipinski definition) is 1. The number of nitrogens with zero attached hydrogens (tertiary/aromatic N) is 1. The molecule has 1 aromatic carbocycles. The normalized spacial score (nSPS) is 19.9. The molecule has 0 fully saturated rings. The van der Waals surface area contributed by atoms with Gasteiger partial charge in [0.2, 0.25) is 5.91 Å². The predicted octanol–water partition coefficient (Wildman–Crippen LogP) is 0.906. The molecule has 78 valence electrons. The van der Waals surface area contributed by atoms with Gasteiger partial charge >= 0.3 is 5.97 Å². The van der Waals surface area contributed by atoms with E-state index in [0.29, 0.717) is 0 Å². The number of fused-ring (bicyclic) bond motifs is 1. The molecule has 1 atom stereocenters. The van der Waals surface area contributed by atoms with Crippen LogP contribution >= 0.6 is 0 Å². The minimum Gasteiger partial charge on any atom is -0.481 e. The summed E-state index contributed by atoms with van der Waals surface area (Å²) in [6.45, 7) is 0. The second kappa shape index (κ2) is 3.38. The SMILES string of the molecule is CN1C(=O)C(C(=O)O)Cc2ccccc21. The maximum Gasteiger partial charge on any atom is 0.316 e. The molecule has 1 aromatic rings. The minimum absolute atomic E-state index is 0.286. The van der Waals surface area contributed by atoms with Crippen molar-refractivity contribution in [2.75, 3.05) is 11.9 Å². The van der Waals surface area contributed by atoms with Crippen LogP contribution in [-0.4, -0.2) is 24.0 Å². The van der Waals surface area contributed by atoms with Crippen molar-refractivity contribution in [1.29, 1.82) is 0 Å². The van der Waals surface area contributed by atoms with E-state index in [9.17, 15) is 9.59 Å². The summed E-state index contributed by atoms with van der Waals surface area (Å²) < 4.78 is 0. The number of carbonyl (C=O) groups excluding carboxylic acids is 1. The second-order valence-corrected chi connectivity index (χ2v) is 3.62. The molecular formula is C11H11NO3. The first-order chi connectivity index (χ1) is 7.11. The Morgan fingerprint density at radius 3 is 2.80 bits per heavy atom. The van der Waals surface area contributed by atoms with Gasteiger partial charge in [0.15, 0.2) is 0 Å². The smallest absolute Gasteiger partial charge is 0.316 e. The zero-order valence-electron chi connectivity index (χ0n) is 8.30. The van der Waals surface area contributed by atoms with Crippen LogP contribution in [0.4, 0.5) is 5.69 Å². The summed E-state index contributed by atoms with van der Waals surface area (Å²) in [5.74, 6) is -2.34. The molecular weight excluding hydrogens is 194 g/mol. The molecule has 1 aliphatic rings. The van der Waals surface area contributed by atoms with Crippen molar-refractivity contribution < 1.29 is 14.7 Å². The van der Waals surface area contributed by atoms with Gasteiger partial charge < -0.3 is 10.0 Å². The first kappa shape index (κ1) is 9.71. The van der Waals surface area contributed by atoms with E-state index in [1.54, 1.807) is 7.05 Å². The monoisotopic (exact) mass is 205 g/mol. The van der Waals surface area contributed by atoms with E-state index in [1.807, 2.05) is 24.3 Å². The molecule has 0 spiro atoms. The molecule has 0 aliphatic carbocycles. The molecule has 0 saturated carbocycles. The van der Waals surface area contributed by atoms with Gasteiger partial charge in [-0.1, -0.05) is 18.2 Å². The zero-order chi connectivity index (χ0) is 11.0. The van der Waals surface area contributed by atoms with Crippen LogP contribution in [0.2, 0.25) is 0 Å². The average molecular weight is 205 g/mol. The Morgan fingerprint density at radius 1 is 1.47 bits per heavy atom. The van der Waals surface area contributed by atoms with E-state index in [1.165, 1.54) is 4.90 Å². The number of aliphatic carboxylic acids is 1. The lowest BCUT2D eigenvalue weighted by atomic mass is 9.92. The fourth-order valence-electron chi connectivity index (χ4n) is 1.86. The van der Waals surface area contributed by atoms with Crippen LogP contribution in [0.5, 0.6) is 0 Å². The first-order valence-electron chi connectivity index (χ1n) is 4.69. The van der Waals surface area contributed by atoms with Gasteiger partial charge in [0, 0.05) is 12.7 Å². The van der Waals surface area contributed by atoms with Crippen molar-refractivity contribution >= 4 is 17.6 Å². The summed E-state index contributed by atoms with van der Waals surface area (Å²) in [6, 6.07) is 7.37. The minimum atomic E-state index is -1.05. The molecule has 1 unspecified atom stereocenters. The van der Waals surface area contributed by atoms with E-state index < -0.39 is 11.9 Å². The number of para-hydroxylation sites is 1. The van der Waals surface area contributed by atoms with Crippen LogP contribution < -0.4 is 4.90 Å². The third kappa shape index (κ3) is 1.48. The predicted molar refractivity (Wildman–Crippen MR) is 54.7 cm³/mol. The number of carboxylic acid groups (broad SMARTS) is 1. The molecule has 1 N–H and O–H groups in total. The fourth-order valence-corrected chi connectivity index (χ4v) is 1.86. The lowest BCUT2D eigenvalue weighted by Gasteiger charge is -2.29. The molecule has 4 nitrogen and oxygen atoms in total. The van der Waals surface area contributed by atoms with Crippen LogP contribution in [-0.2, 0) is 16.0 Å². The molecule has 1 aliphatic heterocycles. The highest BCUT2D eigenvalue weighted by Crippen LogP contribution is 2.29. The average Bonchev–Trinajstić information content (AvgIpc) is 2.23. The molecule has 0 radical (unpaired) electrons. The Bertz CT molecular complexity index is 428. The van der Waals surface area contributed by atoms with Crippen LogP contribution in [0.3, 0.4) is 0 Å². The number of carbonyl (C=O) groups is 2. The maximum atomic E-state index is 11.7. The molecule has 15 heavy (non-hydrogen) atoms. The lowest BCUT2D eigenvalue weighted by molar-refractivity contribution is -0.146. The maximum absolute atomic E-state index is 11.7. The zero-order valence-corrected chi connectivity index (χ0v) is 8.30. The molecule has 0 aromatic heterocycles. The third-order valence-electron chi connectivity index (χ3n) is 2.70. The summed E-state index contributed by atoms with van der Waals surface area (Å²) in [7, 11) is 1.61. The Balaban J connectivity index is 2.45. The van der Waals surface area contributed by atoms with Crippen LogP contribution in [0.25, 0.3) is 0 Å². The van der Waals surface area contributed by atoms with Crippen molar-refractivity contribution in [2.24, 2.45) is 5.92 Å². The molecule has 1 amide bonds. The van der Waals surface area contributed by atoms with Gasteiger partial charge in [-0.25, -0.2) is 0 Å². The molecule has 2 rings (SSSR count). The molecule has 0 saturated heterocycles. The van der Waals surface area contributed by atoms with Crippen LogP contribution in [0.15, 0.2) is 24.3 Å². The van der Waals surface area contributed by atoms with Gasteiger partial charge in [0.05, 0.1) is 0 Å². The van der Waals surface area contributed by atoms with Gasteiger partial charge in [-0.2, -0.15) is 0 Å². The Kier molecular flexibility index (Phi) is 2.19. The topological polar surface area (TPSA) is 57.6 Å². The number of benzene rings is 1. The Morgan fingerprint density at radius 2 is 2.13 bits per heavy atom. The number of amides is 1. The van der Waals surface area contributed by atoms with Gasteiger partial charge in [0.25, 0.3) is 0 Å². The van der Waals surface area contributed by atoms with Gasteiger partial charge in [0.1, 0.15) is 5.92 Å². The summed E-state index contributed by atoms with van der Waals surface area (Å²) in [4.78, 5) is 24.0. The van der Waals surface area contributed by atoms with Gasteiger partial charge in [-0.05, 0) is 18.1 Å². The lowest BCUT2D eigenvalue weighted by Crippen LogP contribution is -2.42. The fraction of sp³-hybridized carbons (Fsp3) is 0.273. The van der Waals surface area contributed by atoms with Crippen molar-refractivity contribution in [2.45, 2.75) is 6.42 Å². The van der Waals surface area contributed by atoms with E-state index in [0.717, 1.165) is 11.3 Å². The quantitative estimate of drug-likeness (QED) is 0.693. The summed E-state index contributed by atoms with van der Waals surface area (Å²) in [5, 5.41) is 8.90. The summed E-state index contributed by atoms with van der Waals surface area (Å²) >= 11 is 0. The summed E-state index contributed by atoms with van der Waals surface area (Å²) in [6.07, 6.45) is 0.286. The number of hydrogen-bond acceptors (Lipinski definition) is 2. The molecule has 4 heteroatoms. The number of anilines is 1. The van der Waals surface area contributed by atoms with Gasteiger partial charge in [-0.15, -0.1) is 0 Å².